The molecule has 1 fully saturated rings. The Morgan fingerprint density at radius 3 is 3.00 bits per heavy atom. The molecule has 1 N–H and O–H groups in total. The average molecular weight is 214 g/mol. The van der Waals surface area contributed by atoms with Gasteiger partial charge in [-0.1, -0.05) is 0 Å². The minimum absolute atomic E-state index is 0.210. The van der Waals surface area contributed by atoms with E-state index in [-0.39, 0.29) is 6.10 Å². The molecule has 3 nitrogen and oxygen atoms in total. The molecule has 0 amide bonds. The van der Waals surface area contributed by atoms with Crippen LogP contribution in [0.4, 0.5) is 0 Å². The Labute approximate surface area is 87.3 Å². The molecule has 0 radical (unpaired) electrons. The van der Waals surface area contributed by atoms with Crippen molar-refractivity contribution in [3.05, 3.63) is 21.9 Å². The Morgan fingerprint density at radius 2 is 2.43 bits per heavy atom. The Morgan fingerprint density at radius 1 is 1.57 bits per heavy atom. The van der Waals surface area contributed by atoms with Crippen LogP contribution in [0.1, 0.15) is 16.5 Å². The van der Waals surface area contributed by atoms with Crippen LogP contribution in [0.5, 0.6) is 0 Å². The third-order valence-electron chi connectivity index (χ3n) is 2.29. The van der Waals surface area contributed by atoms with Crippen molar-refractivity contribution in [3.8, 4) is 0 Å². The maximum atomic E-state index is 9.96. The largest absolute Gasteiger partial charge is 0.386 e. The van der Waals surface area contributed by atoms with E-state index in [4.69, 9.17) is 9.47 Å². The molecule has 0 aliphatic carbocycles. The molecule has 2 rings (SSSR count). The van der Waals surface area contributed by atoms with Crippen LogP contribution in [-0.4, -0.2) is 31.0 Å². The zero-order valence-corrected chi connectivity index (χ0v) is 8.92. The number of thiophene rings is 1. The van der Waals surface area contributed by atoms with Crippen LogP contribution < -0.4 is 0 Å². The summed E-state index contributed by atoms with van der Waals surface area (Å²) >= 11 is 1.64. The van der Waals surface area contributed by atoms with Crippen LogP contribution in [0.25, 0.3) is 0 Å². The Hall–Kier alpha value is -0.420. The highest BCUT2D eigenvalue weighted by Crippen LogP contribution is 2.25. The fourth-order valence-electron chi connectivity index (χ4n) is 1.52. The first-order chi connectivity index (χ1) is 6.77. The van der Waals surface area contributed by atoms with Crippen molar-refractivity contribution >= 4 is 11.3 Å². The summed E-state index contributed by atoms with van der Waals surface area (Å²) in [5.41, 5.74) is 0.933. The summed E-state index contributed by atoms with van der Waals surface area (Å²) in [7, 11) is 0. The topological polar surface area (TPSA) is 38.7 Å². The van der Waals surface area contributed by atoms with E-state index in [0.717, 1.165) is 5.56 Å². The molecule has 2 heterocycles. The van der Waals surface area contributed by atoms with Crippen LogP contribution in [0.2, 0.25) is 0 Å². The lowest BCUT2D eigenvalue weighted by Gasteiger charge is -2.26. The summed E-state index contributed by atoms with van der Waals surface area (Å²) in [6.45, 7) is 3.71. The van der Waals surface area contributed by atoms with E-state index in [1.54, 1.807) is 11.3 Å². The second-order valence-corrected chi connectivity index (χ2v) is 4.54. The lowest BCUT2D eigenvalue weighted by molar-refractivity contribution is -0.133. The van der Waals surface area contributed by atoms with Gasteiger partial charge in [0.2, 0.25) is 0 Å². The summed E-state index contributed by atoms with van der Waals surface area (Å²) in [5, 5.41) is 11.9. The van der Waals surface area contributed by atoms with Crippen LogP contribution in [0.15, 0.2) is 11.4 Å². The molecule has 0 spiro atoms. The van der Waals surface area contributed by atoms with Gasteiger partial charge in [-0.2, -0.15) is 0 Å². The minimum Gasteiger partial charge on any atom is -0.386 e. The first-order valence-corrected chi connectivity index (χ1v) is 5.58. The fraction of sp³-hybridized carbons (Fsp3) is 0.600. The third kappa shape index (κ3) is 2.15. The maximum absolute atomic E-state index is 9.96. The molecule has 0 bridgehead atoms. The highest BCUT2D eigenvalue weighted by molar-refractivity contribution is 7.10. The van der Waals surface area contributed by atoms with Crippen molar-refractivity contribution < 1.29 is 14.6 Å². The first-order valence-electron chi connectivity index (χ1n) is 4.70. The van der Waals surface area contributed by atoms with Crippen molar-refractivity contribution in [2.75, 3.05) is 19.8 Å². The van der Waals surface area contributed by atoms with Crippen molar-refractivity contribution in [1.29, 1.82) is 0 Å². The summed E-state index contributed by atoms with van der Waals surface area (Å²) in [5.74, 6) is 0. The SMILES string of the molecule is Cc1cc(C(O)C2COCCO2)cs1. The highest BCUT2D eigenvalue weighted by atomic mass is 32.1. The van der Waals surface area contributed by atoms with E-state index in [1.807, 2.05) is 18.4 Å². The van der Waals surface area contributed by atoms with E-state index in [2.05, 4.69) is 0 Å². The van der Waals surface area contributed by atoms with Gasteiger partial charge in [0.25, 0.3) is 0 Å². The van der Waals surface area contributed by atoms with Gasteiger partial charge in [-0.3, -0.25) is 0 Å². The number of aliphatic hydroxyl groups excluding tert-OH is 1. The number of rotatable bonds is 2. The summed E-state index contributed by atoms with van der Waals surface area (Å²) in [4.78, 5) is 1.20. The van der Waals surface area contributed by atoms with E-state index in [0.29, 0.717) is 19.8 Å². The lowest BCUT2D eigenvalue weighted by Crippen LogP contribution is -2.33. The normalized spacial score (nSPS) is 24.9. The van der Waals surface area contributed by atoms with Gasteiger partial charge < -0.3 is 14.6 Å². The fourth-order valence-corrected chi connectivity index (χ4v) is 2.26. The lowest BCUT2D eigenvalue weighted by atomic mass is 10.1. The Balaban J connectivity index is 2.03. The molecule has 1 aliphatic rings. The minimum atomic E-state index is -0.555. The molecule has 4 heteroatoms. The first kappa shape index (κ1) is 10.1. The number of ether oxygens (including phenoxy) is 2. The van der Waals surface area contributed by atoms with Gasteiger partial charge in [0, 0.05) is 4.88 Å². The summed E-state index contributed by atoms with van der Waals surface area (Å²) in [6.07, 6.45) is -0.766. The quantitative estimate of drug-likeness (QED) is 0.811. The highest BCUT2D eigenvalue weighted by Gasteiger charge is 2.24. The van der Waals surface area contributed by atoms with Gasteiger partial charge in [0.15, 0.2) is 0 Å². The van der Waals surface area contributed by atoms with Crippen LogP contribution >= 0.6 is 11.3 Å². The van der Waals surface area contributed by atoms with Crippen molar-refractivity contribution in [1.82, 2.24) is 0 Å². The molecule has 78 valence electrons. The van der Waals surface area contributed by atoms with Gasteiger partial charge in [0.05, 0.1) is 19.8 Å². The number of aliphatic hydroxyl groups is 1. The second kappa shape index (κ2) is 4.40. The molecular weight excluding hydrogens is 200 g/mol. The Kier molecular flexibility index (Phi) is 3.18. The number of aryl methyl sites for hydroxylation is 1. The third-order valence-corrected chi connectivity index (χ3v) is 3.17. The molecular formula is C10H14O3S. The zero-order chi connectivity index (χ0) is 9.97. The van der Waals surface area contributed by atoms with E-state index < -0.39 is 6.10 Å². The molecule has 2 atom stereocenters. The van der Waals surface area contributed by atoms with Gasteiger partial charge in [-0.15, -0.1) is 11.3 Å². The zero-order valence-electron chi connectivity index (χ0n) is 8.10. The molecule has 1 aromatic rings. The standard InChI is InChI=1S/C10H14O3S/c1-7-4-8(6-14-7)10(11)9-5-12-2-3-13-9/h4,6,9-11H,2-3,5H2,1H3. The van der Waals surface area contributed by atoms with Crippen molar-refractivity contribution in [2.24, 2.45) is 0 Å². The average Bonchev–Trinajstić information content (AvgIpc) is 2.65. The van der Waals surface area contributed by atoms with E-state index in [1.165, 1.54) is 4.88 Å². The van der Waals surface area contributed by atoms with Gasteiger partial charge in [0.1, 0.15) is 12.2 Å². The predicted molar refractivity (Wildman–Crippen MR) is 54.6 cm³/mol. The summed E-state index contributed by atoms with van der Waals surface area (Å²) < 4.78 is 10.7. The maximum Gasteiger partial charge on any atom is 0.111 e. The van der Waals surface area contributed by atoms with Gasteiger partial charge in [-0.05, 0) is 23.9 Å². The molecule has 1 saturated heterocycles. The number of hydrogen-bond donors (Lipinski definition) is 1. The van der Waals surface area contributed by atoms with Crippen LogP contribution in [0, 0.1) is 6.92 Å². The molecule has 2 unspecified atom stereocenters. The monoisotopic (exact) mass is 214 g/mol. The van der Waals surface area contributed by atoms with E-state index >= 15 is 0 Å². The molecule has 1 aliphatic heterocycles. The predicted octanol–water partition coefficient (Wildman–Crippen LogP) is 1.51. The summed E-state index contributed by atoms with van der Waals surface area (Å²) in [6, 6.07) is 1.99. The number of hydrogen-bond acceptors (Lipinski definition) is 4. The van der Waals surface area contributed by atoms with Crippen molar-refractivity contribution in [3.63, 3.8) is 0 Å². The van der Waals surface area contributed by atoms with Crippen LogP contribution in [-0.2, 0) is 9.47 Å². The molecule has 0 saturated carbocycles. The smallest absolute Gasteiger partial charge is 0.111 e. The molecule has 0 aromatic carbocycles. The van der Waals surface area contributed by atoms with E-state index in [9.17, 15) is 5.11 Å². The molecule has 1 aromatic heterocycles. The van der Waals surface area contributed by atoms with Gasteiger partial charge >= 0.3 is 0 Å². The van der Waals surface area contributed by atoms with Crippen LogP contribution in [0.3, 0.4) is 0 Å². The molecule has 14 heavy (non-hydrogen) atoms. The van der Waals surface area contributed by atoms with Crippen molar-refractivity contribution in [2.45, 2.75) is 19.1 Å². The second-order valence-electron chi connectivity index (χ2n) is 3.42. The van der Waals surface area contributed by atoms with Gasteiger partial charge in [-0.25, -0.2) is 0 Å². The Bertz CT molecular complexity index is 291.